The summed E-state index contributed by atoms with van der Waals surface area (Å²) in [4.78, 5) is 4.78. The van der Waals surface area contributed by atoms with Gasteiger partial charge in [-0.15, -0.1) is 0 Å². The van der Waals surface area contributed by atoms with Crippen LogP contribution in [0, 0.1) is 0 Å². The van der Waals surface area contributed by atoms with E-state index in [4.69, 9.17) is 10.7 Å². The molecule has 0 aliphatic heterocycles. The van der Waals surface area contributed by atoms with Gasteiger partial charge in [0, 0.05) is 22.7 Å². The molecule has 2 N–H and O–H groups in total. The van der Waals surface area contributed by atoms with Crippen LogP contribution < -0.4 is 5.73 Å². The normalized spacial score (nSPS) is 13.3. The lowest BCUT2D eigenvalue weighted by Gasteiger charge is -2.11. The van der Waals surface area contributed by atoms with Crippen LogP contribution in [0.3, 0.4) is 0 Å². The lowest BCUT2D eigenvalue weighted by atomic mass is 10.1. The zero-order valence-electron chi connectivity index (χ0n) is 17.0. The van der Waals surface area contributed by atoms with Crippen molar-refractivity contribution in [2.45, 2.75) is 32.7 Å². The van der Waals surface area contributed by atoms with Crippen molar-refractivity contribution >= 4 is 16.6 Å². The number of alkyl halides is 1. The summed E-state index contributed by atoms with van der Waals surface area (Å²) in [7, 11) is 0. The zero-order valence-corrected chi connectivity index (χ0v) is 17.0. The number of fused-ring (bicyclic) bond motifs is 1. The van der Waals surface area contributed by atoms with Crippen molar-refractivity contribution in [1.82, 2.24) is 14.8 Å². The Hall–Kier alpha value is -3.05. The topological polar surface area (TPSA) is 56.7 Å². The number of halogens is 1. The number of nitrogens with two attached hydrogens (primary N) is 1. The Morgan fingerprint density at radius 3 is 2.90 bits per heavy atom. The third-order valence-corrected chi connectivity index (χ3v) is 4.79. The Balaban J connectivity index is 1.96. The Labute approximate surface area is 171 Å². The smallest absolute Gasteiger partial charge is 0.114 e. The van der Waals surface area contributed by atoms with Crippen LogP contribution in [0.4, 0.5) is 4.39 Å². The van der Waals surface area contributed by atoms with E-state index in [2.05, 4.69) is 30.7 Å². The van der Waals surface area contributed by atoms with Gasteiger partial charge in [0.25, 0.3) is 0 Å². The Bertz CT molecular complexity index is 1060. The molecule has 1 atom stereocenters. The minimum Gasteiger partial charge on any atom is -0.323 e. The molecular weight excluding hydrogens is 363 g/mol. The molecular formula is C24H27FN4. The van der Waals surface area contributed by atoms with E-state index in [1.54, 1.807) is 12.2 Å². The van der Waals surface area contributed by atoms with Gasteiger partial charge in [-0.25, -0.2) is 9.07 Å². The van der Waals surface area contributed by atoms with Crippen molar-refractivity contribution in [3.8, 4) is 11.3 Å². The molecule has 0 amide bonds. The van der Waals surface area contributed by atoms with Crippen LogP contribution in [-0.4, -0.2) is 21.4 Å². The van der Waals surface area contributed by atoms with Gasteiger partial charge in [0.05, 0.1) is 23.1 Å². The van der Waals surface area contributed by atoms with Gasteiger partial charge in [-0.1, -0.05) is 50.3 Å². The summed E-state index contributed by atoms with van der Waals surface area (Å²) in [5.41, 5.74) is 11.4. The van der Waals surface area contributed by atoms with E-state index in [1.807, 2.05) is 48.1 Å². The summed E-state index contributed by atoms with van der Waals surface area (Å²) >= 11 is 0. The fourth-order valence-electron chi connectivity index (χ4n) is 3.18. The highest BCUT2D eigenvalue weighted by molar-refractivity contribution is 5.86. The molecule has 0 fully saturated rings. The van der Waals surface area contributed by atoms with Gasteiger partial charge in [-0.05, 0) is 43.2 Å². The van der Waals surface area contributed by atoms with Crippen LogP contribution in [0.2, 0.25) is 0 Å². The number of nitrogens with zero attached hydrogens (tertiary/aromatic N) is 3. The number of hydrogen-bond acceptors (Lipinski definition) is 3. The monoisotopic (exact) mass is 390 g/mol. The van der Waals surface area contributed by atoms with Crippen molar-refractivity contribution in [3.63, 3.8) is 0 Å². The second-order valence-corrected chi connectivity index (χ2v) is 7.13. The van der Waals surface area contributed by atoms with Crippen molar-refractivity contribution in [1.29, 1.82) is 0 Å². The average Bonchev–Trinajstić information content (AvgIpc) is 3.17. The first-order valence-corrected chi connectivity index (χ1v) is 9.83. The highest BCUT2D eigenvalue weighted by atomic mass is 19.1. The molecule has 4 nitrogen and oxygen atoms in total. The SMILES string of the molecule is C=C(/C=C\C=C(/C)n1ncc2ccc(-c3cccc([C@@H](N)CCC)n3)cc21)CF. The lowest BCUT2D eigenvalue weighted by molar-refractivity contribution is 0.550. The van der Waals surface area contributed by atoms with Crippen molar-refractivity contribution < 1.29 is 4.39 Å². The second-order valence-electron chi connectivity index (χ2n) is 7.13. The van der Waals surface area contributed by atoms with Crippen LogP contribution in [0.1, 0.15) is 38.4 Å². The van der Waals surface area contributed by atoms with E-state index >= 15 is 0 Å². The molecule has 2 heterocycles. The number of aromatic nitrogens is 3. The molecule has 3 rings (SSSR count). The maximum absolute atomic E-state index is 12.5. The van der Waals surface area contributed by atoms with Crippen molar-refractivity contribution in [3.05, 3.63) is 78.7 Å². The van der Waals surface area contributed by atoms with Crippen molar-refractivity contribution in [2.24, 2.45) is 5.73 Å². The second kappa shape index (κ2) is 9.43. The van der Waals surface area contributed by atoms with Crippen LogP contribution in [-0.2, 0) is 0 Å². The van der Waals surface area contributed by atoms with Gasteiger partial charge in [-0.2, -0.15) is 5.10 Å². The minimum absolute atomic E-state index is 0.0507. The maximum Gasteiger partial charge on any atom is 0.114 e. The van der Waals surface area contributed by atoms with E-state index in [9.17, 15) is 4.39 Å². The fraction of sp³-hybridized carbons (Fsp3) is 0.250. The standard InChI is InChI=1S/C24H27FN4/c1-4-7-21(26)23-11-6-10-22(28-23)19-12-13-20-16-27-29(24(20)14-19)18(3)9-5-8-17(2)15-25/h5-6,8-14,16,21H,2,4,7,15,26H2,1,3H3/b8-5-,18-9+/t21-/m0/s1. The minimum atomic E-state index is -0.550. The number of hydrogen-bond donors (Lipinski definition) is 1. The van der Waals surface area contributed by atoms with Gasteiger partial charge in [0.2, 0.25) is 0 Å². The lowest BCUT2D eigenvalue weighted by Crippen LogP contribution is -2.11. The van der Waals surface area contributed by atoms with Crippen molar-refractivity contribution in [2.75, 3.05) is 6.67 Å². The summed E-state index contributed by atoms with van der Waals surface area (Å²) in [5.74, 6) is 0. The molecule has 0 aliphatic carbocycles. The van der Waals surface area contributed by atoms with E-state index < -0.39 is 6.67 Å². The maximum atomic E-state index is 12.5. The fourth-order valence-corrected chi connectivity index (χ4v) is 3.18. The molecule has 0 spiro atoms. The molecule has 0 radical (unpaired) electrons. The Morgan fingerprint density at radius 1 is 1.31 bits per heavy atom. The third kappa shape index (κ3) is 4.87. The first kappa shape index (κ1) is 20.7. The highest BCUT2D eigenvalue weighted by Gasteiger charge is 2.10. The molecule has 1 aromatic carbocycles. The summed E-state index contributed by atoms with van der Waals surface area (Å²) in [6.07, 6.45) is 9.11. The summed E-state index contributed by atoms with van der Waals surface area (Å²) in [5, 5.41) is 5.53. The summed E-state index contributed by atoms with van der Waals surface area (Å²) in [6, 6.07) is 12.1. The summed E-state index contributed by atoms with van der Waals surface area (Å²) < 4.78 is 14.4. The number of rotatable bonds is 8. The molecule has 0 saturated heterocycles. The van der Waals surface area contributed by atoms with E-state index in [0.717, 1.165) is 46.4 Å². The van der Waals surface area contributed by atoms with Crippen LogP contribution in [0.15, 0.2) is 73.0 Å². The molecule has 0 aliphatic rings. The summed E-state index contributed by atoms with van der Waals surface area (Å²) in [6.45, 7) is 7.16. The molecule has 29 heavy (non-hydrogen) atoms. The number of benzene rings is 1. The predicted octanol–water partition coefficient (Wildman–Crippen LogP) is 5.84. The largest absolute Gasteiger partial charge is 0.323 e. The van der Waals surface area contributed by atoms with E-state index in [0.29, 0.717) is 5.57 Å². The van der Waals surface area contributed by atoms with Gasteiger partial charge >= 0.3 is 0 Å². The van der Waals surface area contributed by atoms with Crippen LogP contribution >= 0.6 is 0 Å². The van der Waals surface area contributed by atoms with E-state index in [-0.39, 0.29) is 6.04 Å². The molecule has 5 heteroatoms. The first-order valence-electron chi connectivity index (χ1n) is 9.83. The molecule has 2 aromatic heterocycles. The van der Waals surface area contributed by atoms with Crippen LogP contribution in [0.5, 0.6) is 0 Å². The van der Waals surface area contributed by atoms with Gasteiger partial charge < -0.3 is 5.73 Å². The first-order chi connectivity index (χ1) is 14.0. The number of pyridine rings is 1. The average molecular weight is 391 g/mol. The number of allylic oxidation sites excluding steroid dienone is 5. The molecule has 0 unspecified atom stereocenters. The van der Waals surface area contributed by atoms with Gasteiger partial charge in [0.1, 0.15) is 6.67 Å². The Morgan fingerprint density at radius 2 is 2.14 bits per heavy atom. The molecule has 0 saturated carbocycles. The Kier molecular flexibility index (Phi) is 6.73. The molecule has 150 valence electrons. The van der Waals surface area contributed by atoms with E-state index in [1.165, 1.54) is 0 Å². The predicted molar refractivity (Wildman–Crippen MR) is 119 cm³/mol. The van der Waals surface area contributed by atoms with Gasteiger partial charge in [0.15, 0.2) is 0 Å². The van der Waals surface area contributed by atoms with Crippen LogP contribution in [0.25, 0.3) is 27.9 Å². The van der Waals surface area contributed by atoms with Gasteiger partial charge in [-0.3, -0.25) is 4.98 Å². The zero-order chi connectivity index (χ0) is 20.8. The highest BCUT2D eigenvalue weighted by Crippen LogP contribution is 2.26. The quantitative estimate of drug-likeness (QED) is 0.492. The third-order valence-electron chi connectivity index (χ3n) is 4.79. The molecule has 0 bridgehead atoms. The molecule has 3 aromatic rings.